The molecule has 7 heteroatoms. The molecule has 182 valence electrons. The first-order chi connectivity index (χ1) is 17.0. The number of nitrogens with one attached hydrogen (secondary N) is 2. The number of ether oxygens (including phenoxy) is 1. The predicted molar refractivity (Wildman–Crippen MR) is 145 cm³/mol. The van der Waals surface area contributed by atoms with Crippen molar-refractivity contribution in [3.05, 3.63) is 90.0 Å². The van der Waals surface area contributed by atoms with Gasteiger partial charge in [0.1, 0.15) is 5.75 Å². The van der Waals surface area contributed by atoms with Gasteiger partial charge in [-0.2, -0.15) is 0 Å². The fourth-order valence-corrected chi connectivity index (χ4v) is 3.75. The van der Waals surface area contributed by atoms with Crippen LogP contribution >= 0.6 is 12.2 Å². The minimum absolute atomic E-state index is 0.109. The number of hydrogen-bond acceptors (Lipinski definition) is 4. The number of carbonyl (C=O) groups is 2. The van der Waals surface area contributed by atoms with Crippen molar-refractivity contribution in [1.82, 2.24) is 5.32 Å². The summed E-state index contributed by atoms with van der Waals surface area (Å²) in [6, 6.07) is 23.5. The van der Waals surface area contributed by atoms with Crippen LogP contribution < -0.4 is 20.3 Å². The first-order valence-electron chi connectivity index (χ1n) is 11.8. The number of thiocarbonyl (C=S) groups is 1. The van der Waals surface area contributed by atoms with Crippen LogP contribution in [-0.2, 0) is 0 Å². The smallest absolute Gasteiger partial charge is 0.260 e. The average molecular weight is 490 g/mol. The van der Waals surface area contributed by atoms with Gasteiger partial charge >= 0.3 is 0 Å². The molecule has 35 heavy (non-hydrogen) atoms. The maximum Gasteiger partial charge on any atom is 0.260 e. The van der Waals surface area contributed by atoms with Crippen LogP contribution in [0.2, 0.25) is 0 Å². The third kappa shape index (κ3) is 7.39. The van der Waals surface area contributed by atoms with E-state index in [0.717, 1.165) is 30.7 Å². The second kappa shape index (κ2) is 13.2. The van der Waals surface area contributed by atoms with Gasteiger partial charge in [-0.25, -0.2) is 0 Å². The van der Waals surface area contributed by atoms with Crippen LogP contribution in [0.15, 0.2) is 78.9 Å². The molecule has 2 N–H and O–H groups in total. The molecule has 0 unspecified atom stereocenters. The summed E-state index contributed by atoms with van der Waals surface area (Å²) in [6.07, 6.45) is 3.27. The second-order valence-corrected chi connectivity index (χ2v) is 8.33. The number of amides is 2. The van der Waals surface area contributed by atoms with Gasteiger partial charge in [-0.05, 0) is 74.1 Å². The Kier molecular flexibility index (Phi) is 9.80. The standard InChI is InChI=1S/C28H31N3O3S/c1-3-5-11-20-34-23-18-16-21(17-19-23)26(32)30-28(35)29-25-15-10-9-14-24(25)27(33)31(4-2)22-12-7-6-8-13-22/h6-10,12-19H,3-5,11,20H2,1-2H3,(H2,29,30,32,35). The van der Waals surface area contributed by atoms with Crippen molar-refractivity contribution in [3.63, 3.8) is 0 Å². The van der Waals surface area contributed by atoms with Crippen LogP contribution in [0.4, 0.5) is 11.4 Å². The highest BCUT2D eigenvalue weighted by atomic mass is 32.1. The maximum absolute atomic E-state index is 13.3. The summed E-state index contributed by atoms with van der Waals surface area (Å²) in [5.41, 5.74) is 2.25. The summed E-state index contributed by atoms with van der Waals surface area (Å²) in [5, 5.41) is 5.79. The third-order valence-corrected chi connectivity index (χ3v) is 5.60. The normalized spacial score (nSPS) is 10.3. The van der Waals surface area contributed by atoms with E-state index < -0.39 is 0 Å². The lowest BCUT2D eigenvalue weighted by Crippen LogP contribution is -2.35. The molecule has 0 aliphatic rings. The molecule has 0 aromatic heterocycles. The number of rotatable bonds is 10. The summed E-state index contributed by atoms with van der Waals surface area (Å²) in [7, 11) is 0. The fourth-order valence-electron chi connectivity index (χ4n) is 3.55. The van der Waals surface area contributed by atoms with E-state index in [1.54, 1.807) is 47.4 Å². The Morgan fingerprint density at radius 3 is 2.26 bits per heavy atom. The maximum atomic E-state index is 13.3. The van der Waals surface area contributed by atoms with Crippen LogP contribution in [0, 0.1) is 0 Å². The van der Waals surface area contributed by atoms with Crippen LogP contribution in [0.5, 0.6) is 5.75 Å². The lowest BCUT2D eigenvalue weighted by Gasteiger charge is -2.23. The van der Waals surface area contributed by atoms with Crippen LogP contribution in [-0.4, -0.2) is 30.1 Å². The highest BCUT2D eigenvalue weighted by molar-refractivity contribution is 7.80. The van der Waals surface area contributed by atoms with E-state index >= 15 is 0 Å². The van der Waals surface area contributed by atoms with Crippen molar-refractivity contribution in [1.29, 1.82) is 0 Å². The van der Waals surface area contributed by atoms with E-state index in [2.05, 4.69) is 17.6 Å². The van der Waals surface area contributed by atoms with Gasteiger partial charge in [0.05, 0.1) is 17.9 Å². The zero-order valence-corrected chi connectivity index (χ0v) is 20.9. The zero-order valence-electron chi connectivity index (χ0n) is 20.1. The Morgan fingerprint density at radius 2 is 1.57 bits per heavy atom. The Labute approximate surface area is 212 Å². The summed E-state index contributed by atoms with van der Waals surface area (Å²) in [4.78, 5) is 27.7. The van der Waals surface area contributed by atoms with E-state index in [0.29, 0.717) is 30.0 Å². The SMILES string of the molecule is CCCCCOc1ccc(C(=O)NC(=S)Nc2ccccc2C(=O)N(CC)c2ccccc2)cc1. The van der Waals surface area contributed by atoms with Gasteiger partial charge in [-0.1, -0.05) is 50.1 Å². The van der Waals surface area contributed by atoms with Crippen LogP contribution in [0.1, 0.15) is 53.8 Å². The van der Waals surface area contributed by atoms with Crippen molar-refractivity contribution in [2.45, 2.75) is 33.1 Å². The molecule has 2 amide bonds. The number of benzene rings is 3. The molecule has 0 radical (unpaired) electrons. The summed E-state index contributed by atoms with van der Waals surface area (Å²) in [6.45, 7) is 5.24. The second-order valence-electron chi connectivity index (χ2n) is 7.92. The molecule has 3 aromatic carbocycles. The summed E-state index contributed by atoms with van der Waals surface area (Å²) < 4.78 is 5.69. The van der Waals surface area contributed by atoms with E-state index in [9.17, 15) is 9.59 Å². The van der Waals surface area contributed by atoms with Gasteiger partial charge in [0.2, 0.25) is 0 Å². The molecule has 0 aliphatic carbocycles. The van der Waals surface area contributed by atoms with Crippen molar-refractivity contribution >= 4 is 40.5 Å². The number of nitrogens with zero attached hydrogens (tertiary/aromatic N) is 1. The summed E-state index contributed by atoms with van der Waals surface area (Å²) >= 11 is 5.36. The lowest BCUT2D eigenvalue weighted by molar-refractivity contribution is 0.0974. The van der Waals surface area contributed by atoms with Crippen molar-refractivity contribution in [2.75, 3.05) is 23.4 Å². The number of carbonyl (C=O) groups excluding carboxylic acids is 2. The summed E-state index contributed by atoms with van der Waals surface area (Å²) in [5.74, 6) is 0.221. The van der Waals surface area contributed by atoms with Crippen molar-refractivity contribution < 1.29 is 14.3 Å². The number of para-hydroxylation sites is 2. The van der Waals surface area contributed by atoms with E-state index in [1.165, 1.54) is 0 Å². The molecule has 0 saturated carbocycles. The highest BCUT2D eigenvalue weighted by Crippen LogP contribution is 2.22. The van der Waals surface area contributed by atoms with E-state index in [4.69, 9.17) is 17.0 Å². The number of hydrogen-bond donors (Lipinski definition) is 2. The van der Waals surface area contributed by atoms with Crippen LogP contribution in [0.3, 0.4) is 0 Å². The largest absolute Gasteiger partial charge is 0.494 e. The Hall–Kier alpha value is -3.71. The highest BCUT2D eigenvalue weighted by Gasteiger charge is 2.20. The lowest BCUT2D eigenvalue weighted by atomic mass is 10.1. The predicted octanol–water partition coefficient (Wildman–Crippen LogP) is 6.05. The van der Waals surface area contributed by atoms with Gasteiger partial charge < -0.3 is 15.0 Å². The average Bonchev–Trinajstić information content (AvgIpc) is 2.88. The quantitative estimate of drug-likeness (QED) is 0.268. The fraction of sp³-hybridized carbons (Fsp3) is 0.250. The van der Waals surface area contributed by atoms with Crippen molar-refractivity contribution in [2.24, 2.45) is 0 Å². The van der Waals surface area contributed by atoms with Gasteiger partial charge in [0.25, 0.3) is 11.8 Å². The monoisotopic (exact) mass is 489 g/mol. The Morgan fingerprint density at radius 1 is 0.886 bits per heavy atom. The topological polar surface area (TPSA) is 70.7 Å². The number of anilines is 2. The molecular formula is C28H31N3O3S. The molecule has 0 atom stereocenters. The zero-order chi connectivity index (χ0) is 25.0. The molecule has 0 saturated heterocycles. The van der Waals surface area contributed by atoms with Crippen LogP contribution in [0.25, 0.3) is 0 Å². The van der Waals surface area contributed by atoms with Gasteiger partial charge in [0, 0.05) is 17.8 Å². The molecule has 0 bridgehead atoms. The molecule has 0 spiro atoms. The van der Waals surface area contributed by atoms with Gasteiger partial charge in [0.15, 0.2) is 5.11 Å². The molecule has 0 aliphatic heterocycles. The molecule has 3 aromatic rings. The minimum atomic E-state index is -0.344. The van der Waals surface area contributed by atoms with E-state index in [1.807, 2.05) is 43.3 Å². The molecular weight excluding hydrogens is 458 g/mol. The van der Waals surface area contributed by atoms with Gasteiger partial charge in [-0.3, -0.25) is 14.9 Å². The molecule has 0 fully saturated rings. The Bertz CT molecular complexity index is 1130. The third-order valence-electron chi connectivity index (χ3n) is 5.40. The Balaban J connectivity index is 1.63. The first kappa shape index (κ1) is 25.9. The molecule has 0 heterocycles. The molecule has 3 rings (SSSR count). The van der Waals surface area contributed by atoms with Crippen molar-refractivity contribution in [3.8, 4) is 5.75 Å². The first-order valence-corrected chi connectivity index (χ1v) is 12.3. The van der Waals surface area contributed by atoms with Gasteiger partial charge in [-0.15, -0.1) is 0 Å². The minimum Gasteiger partial charge on any atom is -0.494 e. The number of unbranched alkanes of at least 4 members (excludes halogenated alkanes) is 2. The van der Waals surface area contributed by atoms with E-state index in [-0.39, 0.29) is 16.9 Å². The molecule has 6 nitrogen and oxygen atoms in total.